The summed E-state index contributed by atoms with van der Waals surface area (Å²) < 4.78 is 0. The van der Waals surface area contributed by atoms with E-state index < -0.39 is 5.54 Å². The van der Waals surface area contributed by atoms with E-state index in [1.54, 1.807) is 31.2 Å². The highest BCUT2D eigenvalue weighted by molar-refractivity contribution is 5.85. The molecule has 0 aliphatic rings. The van der Waals surface area contributed by atoms with Gasteiger partial charge in [-0.1, -0.05) is 12.1 Å². The van der Waals surface area contributed by atoms with E-state index in [2.05, 4.69) is 5.43 Å². The number of Topliss-reactive ketones (excluding diaryl/α,β-unsaturated/α-hetero) is 1. The van der Waals surface area contributed by atoms with E-state index >= 15 is 0 Å². The van der Waals surface area contributed by atoms with Crippen molar-refractivity contribution in [2.75, 3.05) is 0 Å². The fourth-order valence-electron chi connectivity index (χ4n) is 1.30. The lowest BCUT2D eigenvalue weighted by Crippen LogP contribution is -2.53. The maximum absolute atomic E-state index is 11.4. The molecule has 0 saturated carbocycles. The maximum atomic E-state index is 11.4. The summed E-state index contributed by atoms with van der Waals surface area (Å²) in [6.07, 6.45) is 0.499. The van der Waals surface area contributed by atoms with E-state index in [1.165, 1.54) is 6.92 Å². The van der Waals surface area contributed by atoms with Crippen molar-refractivity contribution in [3.63, 3.8) is 0 Å². The average Bonchev–Trinajstić information content (AvgIpc) is 2.21. The van der Waals surface area contributed by atoms with Crippen LogP contribution >= 0.6 is 0 Å². The predicted molar refractivity (Wildman–Crippen MR) is 58.2 cm³/mol. The first kappa shape index (κ1) is 11.7. The van der Waals surface area contributed by atoms with E-state index in [0.29, 0.717) is 6.42 Å². The molecule has 0 aliphatic carbocycles. The van der Waals surface area contributed by atoms with Crippen molar-refractivity contribution in [1.29, 1.82) is 0 Å². The van der Waals surface area contributed by atoms with Crippen molar-refractivity contribution in [3.05, 3.63) is 29.8 Å². The minimum absolute atomic E-state index is 0.0157. The molecule has 0 radical (unpaired) electrons. The Morgan fingerprint density at radius 1 is 1.47 bits per heavy atom. The number of nitrogens with one attached hydrogen (secondary N) is 1. The first-order valence-electron chi connectivity index (χ1n) is 4.74. The number of benzene rings is 1. The molecule has 0 amide bonds. The lowest BCUT2D eigenvalue weighted by atomic mass is 9.90. The van der Waals surface area contributed by atoms with Crippen LogP contribution < -0.4 is 11.3 Å². The molecule has 4 heteroatoms. The minimum atomic E-state index is -0.753. The van der Waals surface area contributed by atoms with Crippen molar-refractivity contribution in [3.8, 4) is 5.75 Å². The summed E-state index contributed by atoms with van der Waals surface area (Å²) in [5.74, 6) is 5.56. The van der Waals surface area contributed by atoms with E-state index in [-0.39, 0.29) is 11.5 Å². The molecule has 4 N–H and O–H groups in total. The van der Waals surface area contributed by atoms with Crippen LogP contribution in [0.4, 0.5) is 0 Å². The zero-order valence-corrected chi connectivity index (χ0v) is 8.95. The van der Waals surface area contributed by atoms with Gasteiger partial charge < -0.3 is 5.11 Å². The van der Waals surface area contributed by atoms with Gasteiger partial charge in [0.25, 0.3) is 0 Å². The first-order valence-corrected chi connectivity index (χ1v) is 4.74. The molecule has 0 saturated heterocycles. The number of phenolic OH excluding ortho intramolecular Hbond substituents is 1. The molecule has 4 nitrogen and oxygen atoms in total. The van der Waals surface area contributed by atoms with Crippen LogP contribution in [0.3, 0.4) is 0 Å². The van der Waals surface area contributed by atoms with E-state index in [4.69, 9.17) is 10.9 Å². The predicted octanol–water partition coefficient (Wildman–Crippen LogP) is 0.746. The SMILES string of the molecule is CC(=O)[C@](C)(Cc1ccc(O)cc1)NN. The van der Waals surface area contributed by atoms with Gasteiger partial charge in [-0.3, -0.25) is 10.6 Å². The molecule has 1 aromatic rings. The Morgan fingerprint density at radius 3 is 2.40 bits per heavy atom. The number of nitrogens with two attached hydrogens (primary N) is 1. The third kappa shape index (κ3) is 2.78. The Bertz CT molecular complexity index is 348. The monoisotopic (exact) mass is 208 g/mol. The van der Waals surface area contributed by atoms with Crippen molar-refractivity contribution in [2.24, 2.45) is 5.84 Å². The van der Waals surface area contributed by atoms with Crippen LogP contribution in [0.25, 0.3) is 0 Å². The molecular formula is C11H16N2O2. The third-order valence-electron chi connectivity index (χ3n) is 2.59. The van der Waals surface area contributed by atoms with Crippen LogP contribution in [0.2, 0.25) is 0 Å². The molecule has 1 aromatic carbocycles. The Labute approximate surface area is 89.1 Å². The fourth-order valence-corrected chi connectivity index (χ4v) is 1.30. The van der Waals surface area contributed by atoms with Crippen molar-refractivity contribution >= 4 is 5.78 Å². The number of phenols is 1. The van der Waals surface area contributed by atoms with Crippen molar-refractivity contribution in [2.45, 2.75) is 25.8 Å². The van der Waals surface area contributed by atoms with Crippen LogP contribution in [-0.4, -0.2) is 16.4 Å². The molecule has 0 aliphatic heterocycles. The number of hydrazine groups is 1. The zero-order chi connectivity index (χ0) is 11.5. The summed E-state index contributed by atoms with van der Waals surface area (Å²) in [5.41, 5.74) is 2.72. The highest BCUT2D eigenvalue weighted by Gasteiger charge is 2.28. The Hall–Kier alpha value is -1.39. The zero-order valence-electron chi connectivity index (χ0n) is 8.95. The summed E-state index contributed by atoms with van der Waals surface area (Å²) in [7, 11) is 0. The Balaban J connectivity index is 2.84. The molecule has 1 atom stereocenters. The highest BCUT2D eigenvalue weighted by atomic mass is 16.3. The number of carbonyl (C=O) groups excluding carboxylic acids is 1. The van der Waals surface area contributed by atoms with Gasteiger partial charge >= 0.3 is 0 Å². The van der Waals surface area contributed by atoms with Crippen LogP contribution in [0.1, 0.15) is 19.4 Å². The molecule has 0 unspecified atom stereocenters. The van der Waals surface area contributed by atoms with E-state index in [0.717, 1.165) is 5.56 Å². The largest absolute Gasteiger partial charge is 0.508 e. The molecule has 0 aromatic heterocycles. The number of carbonyl (C=O) groups is 1. The molecular weight excluding hydrogens is 192 g/mol. The minimum Gasteiger partial charge on any atom is -0.508 e. The van der Waals surface area contributed by atoms with Gasteiger partial charge in [-0.05, 0) is 38.0 Å². The van der Waals surface area contributed by atoms with Gasteiger partial charge in [0.1, 0.15) is 5.75 Å². The summed E-state index contributed by atoms with van der Waals surface area (Å²) in [6, 6.07) is 6.72. The average molecular weight is 208 g/mol. The number of aromatic hydroxyl groups is 1. The number of hydrogen-bond donors (Lipinski definition) is 3. The molecule has 0 fully saturated rings. The second kappa shape index (κ2) is 4.42. The second-order valence-corrected chi connectivity index (χ2v) is 3.88. The summed E-state index contributed by atoms with van der Waals surface area (Å²) in [6.45, 7) is 3.25. The van der Waals surface area contributed by atoms with Gasteiger partial charge in [0.2, 0.25) is 0 Å². The second-order valence-electron chi connectivity index (χ2n) is 3.88. The van der Waals surface area contributed by atoms with Gasteiger partial charge in [0, 0.05) is 0 Å². The molecule has 15 heavy (non-hydrogen) atoms. The van der Waals surface area contributed by atoms with Gasteiger partial charge in [-0.2, -0.15) is 0 Å². The van der Waals surface area contributed by atoms with Crippen molar-refractivity contribution < 1.29 is 9.90 Å². The molecule has 0 heterocycles. The first-order chi connectivity index (χ1) is 6.98. The van der Waals surface area contributed by atoms with Gasteiger partial charge in [-0.25, -0.2) is 5.43 Å². The quantitative estimate of drug-likeness (QED) is 0.504. The van der Waals surface area contributed by atoms with Gasteiger partial charge in [-0.15, -0.1) is 0 Å². The standard InChI is InChI=1S/C11H16N2O2/c1-8(14)11(2,13-12)7-9-3-5-10(15)6-4-9/h3-6,13,15H,7,12H2,1-2H3/t11-/m0/s1. The molecule has 0 spiro atoms. The smallest absolute Gasteiger partial charge is 0.151 e. The number of ketones is 1. The van der Waals surface area contributed by atoms with Gasteiger partial charge in [0.05, 0.1) is 5.54 Å². The lowest BCUT2D eigenvalue weighted by Gasteiger charge is -2.25. The van der Waals surface area contributed by atoms with Crippen LogP contribution in [0.5, 0.6) is 5.75 Å². The van der Waals surface area contributed by atoms with Gasteiger partial charge in [0.15, 0.2) is 5.78 Å². The molecule has 0 bridgehead atoms. The number of rotatable bonds is 4. The Morgan fingerprint density at radius 2 is 2.00 bits per heavy atom. The van der Waals surface area contributed by atoms with Crippen LogP contribution in [0, 0.1) is 0 Å². The molecule has 1 rings (SSSR count). The van der Waals surface area contributed by atoms with Crippen LogP contribution in [0.15, 0.2) is 24.3 Å². The lowest BCUT2D eigenvalue weighted by molar-refractivity contribution is -0.122. The molecule has 82 valence electrons. The fraction of sp³-hybridized carbons (Fsp3) is 0.364. The highest BCUT2D eigenvalue weighted by Crippen LogP contribution is 2.16. The summed E-state index contributed by atoms with van der Waals surface area (Å²) in [4.78, 5) is 11.4. The summed E-state index contributed by atoms with van der Waals surface area (Å²) in [5, 5.41) is 9.11. The topological polar surface area (TPSA) is 75.3 Å². The number of hydrogen-bond acceptors (Lipinski definition) is 4. The third-order valence-corrected chi connectivity index (χ3v) is 2.59. The normalized spacial score (nSPS) is 14.6. The van der Waals surface area contributed by atoms with E-state index in [1.807, 2.05) is 0 Å². The Kier molecular flexibility index (Phi) is 3.44. The maximum Gasteiger partial charge on any atom is 0.151 e. The van der Waals surface area contributed by atoms with Crippen LogP contribution in [-0.2, 0) is 11.2 Å². The van der Waals surface area contributed by atoms with E-state index in [9.17, 15) is 4.79 Å². The van der Waals surface area contributed by atoms with Crippen molar-refractivity contribution in [1.82, 2.24) is 5.43 Å². The summed E-state index contributed by atoms with van der Waals surface area (Å²) >= 11 is 0.